The first-order chi connectivity index (χ1) is 10.8. The summed E-state index contributed by atoms with van der Waals surface area (Å²) in [5, 5.41) is 0. The molecule has 0 radical (unpaired) electrons. The van der Waals surface area contributed by atoms with Crippen molar-refractivity contribution in [2.45, 2.75) is 0 Å². The molecule has 0 N–H and O–H groups in total. The highest BCUT2D eigenvalue weighted by Gasteiger charge is 2.19. The number of hydrogen-bond donors (Lipinski definition) is 0. The first-order valence-corrected chi connectivity index (χ1v) is 7.59. The summed E-state index contributed by atoms with van der Waals surface area (Å²) in [7, 11) is 3.43. The molecule has 0 bridgehead atoms. The van der Waals surface area contributed by atoms with Gasteiger partial charge in [-0.1, -0.05) is 18.2 Å². The van der Waals surface area contributed by atoms with Crippen LogP contribution in [0.2, 0.25) is 0 Å². The van der Waals surface area contributed by atoms with E-state index in [1.807, 2.05) is 24.3 Å². The highest BCUT2D eigenvalue weighted by Crippen LogP contribution is 2.29. The number of hydrogen-bond acceptors (Lipinski definition) is 4. The predicted octanol–water partition coefficient (Wildman–Crippen LogP) is 3.03. The van der Waals surface area contributed by atoms with Crippen molar-refractivity contribution in [1.82, 2.24) is 0 Å². The molecule has 0 amide bonds. The van der Waals surface area contributed by atoms with Crippen LogP contribution in [0.3, 0.4) is 0 Å². The van der Waals surface area contributed by atoms with Crippen molar-refractivity contribution in [1.29, 1.82) is 0 Å². The van der Waals surface area contributed by atoms with E-state index in [0.29, 0.717) is 0 Å². The molecule has 4 nitrogen and oxygen atoms in total. The molecule has 0 atom stereocenters. The standard InChI is InChI=1S/C18H22N2O2/c1-21-16-7-5-6-15(14-16)19-10-12-20(13-11-19)17-8-3-4-9-18(17)22-2/h3-9,14H,10-13H2,1-2H3. The fourth-order valence-corrected chi connectivity index (χ4v) is 2.90. The van der Waals surface area contributed by atoms with Crippen LogP contribution in [-0.2, 0) is 0 Å². The molecule has 116 valence electrons. The molecule has 0 saturated carbocycles. The maximum absolute atomic E-state index is 5.47. The number of para-hydroxylation sites is 2. The maximum atomic E-state index is 5.47. The average molecular weight is 298 g/mol. The Kier molecular flexibility index (Phi) is 4.37. The van der Waals surface area contributed by atoms with E-state index in [1.54, 1.807) is 14.2 Å². The molecule has 1 fully saturated rings. The summed E-state index contributed by atoms with van der Waals surface area (Å²) in [6, 6.07) is 16.5. The zero-order chi connectivity index (χ0) is 15.4. The summed E-state index contributed by atoms with van der Waals surface area (Å²) in [5.41, 5.74) is 2.40. The van der Waals surface area contributed by atoms with Crippen molar-refractivity contribution < 1.29 is 9.47 Å². The third-order valence-corrected chi connectivity index (χ3v) is 4.12. The van der Waals surface area contributed by atoms with Crippen molar-refractivity contribution in [3.63, 3.8) is 0 Å². The summed E-state index contributed by atoms with van der Waals surface area (Å²) < 4.78 is 10.8. The van der Waals surface area contributed by atoms with Crippen LogP contribution in [-0.4, -0.2) is 40.4 Å². The van der Waals surface area contributed by atoms with Crippen molar-refractivity contribution >= 4 is 11.4 Å². The van der Waals surface area contributed by atoms with E-state index >= 15 is 0 Å². The topological polar surface area (TPSA) is 24.9 Å². The van der Waals surface area contributed by atoms with Gasteiger partial charge in [0.25, 0.3) is 0 Å². The van der Waals surface area contributed by atoms with Gasteiger partial charge in [-0.15, -0.1) is 0 Å². The van der Waals surface area contributed by atoms with Gasteiger partial charge in [-0.05, 0) is 24.3 Å². The third-order valence-electron chi connectivity index (χ3n) is 4.12. The second kappa shape index (κ2) is 6.60. The lowest BCUT2D eigenvalue weighted by atomic mass is 10.2. The minimum absolute atomic E-state index is 0.907. The molecule has 1 heterocycles. The van der Waals surface area contributed by atoms with Crippen LogP contribution in [0.4, 0.5) is 11.4 Å². The van der Waals surface area contributed by atoms with Gasteiger partial charge in [0.15, 0.2) is 0 Å². The molecular formula is C18H22N2O2. The third kappa shape index (κ3) is 2.96. The van der Waals surface area contributed by atoms with E-state index in [4.69, 9.17) is 9.47 Å². The highest BCUT2D eigenvalue weighted by molar-refractivity contribution is 5.60. The Balaban J connectivity index is 1.69. The smallest absolute Gasteiger partial charge is 0.142 e. The predicted molar refractivity (Wildman–Crippen MR) is 90.4 cm³/mol. The Hall–Kier alpha value is -2.36. The first-order valence-electron chi connectivity index (χ1n) is 7.59. The molecule has 1 aliphatic heterocycles. The summed E-state index contributed by atoms with van der Waals surface area (Å²) in [4.78, 5) is 4.78. The van der Waals surface area contributed by atoms with Gasteiger partial charge in [0, 0.05) is 37.9 Å². The van der Waals surface area contributed by atoms with Crippen LogP contribution in [0.5, 0.6) is 11.5 Å². The van der Waals surface area contributed by atoms with E-state index in [2.05, 4.69) is 34.1 Å². The fourth-order valence-electron chi connectivity index (χ4n) is 2.90. The lowest BCUT2D eigenvalue weighted by Crippen LogP contribution is -2.46. The fraction of sp³-hybridized carbons (Fsp3) is 0.333. The van der Waals surface area contributed by atoms with Crippen molar-refractivity contribution in [3.05, 3.63) is 48.5 Å². The molecule has 1 aliphatic rings. The Labute approximate surface area is 131 Å². The Morgan fingerprint density at radius 1 is 0.773 bits per heavy atom. The van der Waals surface area contributed by atoms with Crippen molar-refractivity contribution in [3.8, 4) is 11.5 Å². The lowest BCUT2D eigenvalue weighted by Gasteiger charge is -2.37. The van der Waals surface area contributed by atoms with Gasteiger partial charge in [0.1, 0.15) is 11.5 Å². The zero-order valence-electron chi connectivity index (χ0n) is 13.2. The summed E-state index contributed by atoms with van der Waals surface area (Å²) >= 11 is 0. The Morgan fingerprint density at radius 3 is 2.23 bits per heavy atom. The highest BCUT2D eigenvalue weighted by atomic mass is 16.5. The van der Waals surface area contributed by atoms with Crippen molar-refractivity contribution in [2.24, 2.45) is 0 Å². The van der Waals surface area contributed by atoms with Gasteiger partial charge in [-0.2, -0.15) is 0 Å². The number of benzene rings is 2. The van der Waals surface area contributed by atoms with Crippen LogP contribution in [0.25, 0.3) is 0 Å². The van der Waals surface area contributed by atoms with Crippen LogP contribution >= 0.6 is 0 Å². The molecule has 3 rings (SSSR count). The zero-order valence-corrected chi connectivity index (χ0v) is 13.2. The van der Waals surface area contributed by atoms with E-state index < -0.39 is 0 Å². The Morgan fingerprint density at radius 2 is 1.50 bits per heavy atom. The molecule has 2 aromatic rings. The summed E-state index contributed by atoms with van der Waals surface area (Å²) in [6.07, 6.45) is 0. The molecule has 22 heavy (non-hydrogen) atoms. The van der Waals surface area contributed by atoms with Gasteiger partial charge < -0.3 is 19.3 Å². The van der Waals surface area contributed by atoms with Crippen LogP contribution in [0.1, 0.15) is 0 Å². The van der Waals surface area contributed by atoms with Gasteiger partial charge in [-0.25, -0.2) is 0 Å². The number of ether oxygens (including phenoxy) is 2. The van der Waals surface area contributed by atoms with Gasteiger partial charge in [0.2, 0.25) is 0 Å². The molecule has 0 unspecified atom stereocenters. The second-order valence-corrected chi connectivity index (χ2v) is 5.35. The SMILES string of the molecule is COc1cccc(N2CCN(c3ccccc3OC)CC2)c1. The molecule has 4 heteroatoms. The van der Waals surface area contributed by atoms with Gasteiger partial charge in [0.05, 0.1) is 19.9 Å². The number of piperazine rings is 1. The average Bonchev–Trinajstić information content (AvgIpc) is 2.62. The van der Waals surface area contributed by atoms with Gasteiger partial charge >= 0.3 is 0 Å². The number of methoxy groups -OCH3 is 2. The largest absolute Gasteiger partial charge is 0.497 e. The molecule has 0 aliphatic carbocycles. The van der Waals surface area contributed by atoms with E-state index in [0.717, 1.165) is 37.7 Å². The summed E-state index contributed by atoms with van der Waals surface area (Å²) in [6.45, 7) is 3.95. The van der Waals surface area contributed by atoms with Gasteiger partial charge in [-0.3, -0.25) is 0 Å². The monoisotopic (exact) mass is 298 g/mol. The maximum Gasteiger partial charge on any atom is 0.142 e. The van der Waals surface area contributed by atoms with E-state index in [-0.39, 0.29) is 0 Å². The quantitative estimate of drug-likeness (QED) is 0.866. The van der Waals surface area contributed by atoms with Crippen LogP contribution in [0, 0.1) is 0 Å². The van der Waals surface area contributed by atoms with E-state index in [9.17, 15) is 0 Å². The number of rotatable bonds is 4. The molecule has 2 aromatic carbocycles. The minimum Gasteiger partial charge on any atom is -0.497 e. The normalized spacial score (nSPS) is 14.8. The van der Waals surface area contributed by atoms with Crippen LogP contribution < -0.4 is 19.3 Å². The minimum atomic E-state index is 0.907. The second-order valence-electron chi connectivity index (χ2n) is 5.35. The Bertz CT molecular complexity index is 622. The van der Waals surface area contributed by atoms with E-state index in [1.165, 1.54) is 11.4 Å². The lowest BCUT2D eigenvalue weighted by molar-refractivity contribution is 0.413. The van der Waals surface area contributed by atoms with Crippen LogP contribution in [0.15, 0.2) is 48.5 Å². The summed E-state index contributed by atoms with van der Waals surface area (Å²) in [5.74, 6) is 1.85. The molecular weight excluding hydrogens is 276 g/mol. The molecule has 0 aromatic heterocycles. The molecule has 1 saturated heterocycles. The number of nitrogens with zero attached hydrogens (tertiary/aromatic N) is 2. The first kappa shape index (κ1) is 14.6. The van der Waals surface area contributed by atoms with Crippen molar-refractivity contribution in [2.75, 3.05) is 50.2 Å². The number of anilines is 2. The molecule has 0 spiro atoms.